The Morgan fingerprint density at radius 3 is 2.56 bits per heavy atom. The zero-order chi connectivity index (χ0) is 12.8. The van der Waals surface area contributed by atoms with Gasteiger partial charge in [-0.1, -0.05) is 13.8 Å². The zero-order valence-corrected chi connectivity index (χ0v) is 14.8. The topological polar surface area (TPSA) is 49.3 Å². The minimum absolute atomic E-state index is 0. The van der Waals surface area contributed by atoms with Crippen molar-refractivity contribution in [2.45, 2.75) is 40.3 Å². The van der Waals surface area contributed by atoms with E-state index in [0.717, 1.165) is 17.5 Å². The average molecular weight is 382 g/mol. The summed E-state index contributed by atoms with van der Waals surface area (Å²) in [7, 11) is 1.79. The predicted molar refractivity (Wildman–Crippen MR) is 89.9 cm³/mol. The van der Waals surface area contributed by atoms with Gasteiger partial charge in [0.25, 0.3) is 0 Å². The second kappa shape index (κ2) is 8.68. The van der Waals surface area contributed by atoms with Crippen molar-refractivity contribution < 1.29 is 0 Å². The highest BCUT2D eigenvalue weighted by atomic mass is 127. The third kappa shape index (κ3) is 5.99. The van der Waals surface area contributed by atoms with Gasteiger partial charge in [0, 0.05) is 24.2 Å². The lowest BCUT2D eigenvalue weighted by molar-refractivity contribution is 0.481. The first-order chi connectivity index (χ1) is 8.02. The Morgan fingerprint density at radius 2 is 2.11 bits per heavy atom. The van der Waals surface area contributed by atoms with Crippen LogP contribution in [0.25, 0.3) is 0 Å². The standard InChI is InChI=1S/C12H22N4S.HI/c1-8(2)10(4)16-12(13-5)15-7-11-14-6-9(3)17-11;/h6,8,10H,7H2,1-5H3,(H2,13,15,16);1H. The SMILES string of the molecule is CN=C(NCc1ncc(C)s1)NC(C)C(C)C.I. The molecule has 18 heavy (non-hydrogen) atoms. The van der Waals surface area contributed by atoms with Gasteiger partial charge in [0.2, 0.25) is 0 Å². The number of nitrogens with zero attached hydrogens (tertiary/aromatic N) is 2. The van der Waals surface area contributed by atoms with Gasteiger partial charge in [0.15, 0.2) is 5.96 Å². The third-order valence-electron chi connectivity index (χ3n) is 2.66. The summed E-state index contributed by atoms with van der Waals surface area (Å²) in [5.74, 6) is 1.41. The van der Waals surface area contributed by atoms with E-state index < -0.39 is 0 Å². The number of aliphatic imine (C=N–C) groups is 1. The number of aromatic nitrogens is 1. The fraction of sp³-hybridized carbons (Fsp3) is 0.667. The number of hydrogen-bond acceptors (Lipinski definition) is 3. The van der Waals surface area contributed by atoms with Gasteiger partial charge in [-0.15, -0.1) is 35.3 Å². The highest BCUT2D eigenvalue weighted by molar-refractivity contribution is 14.0. The highest BCUT2D eigenvalue weighted by Crippen LogP contribution is 2.10. The Labute approximate surface area is 131 Å². The maximum Gasteiger partial charge on any atom is 0.191 e. The monoisotopic (exact) mass is 382 g/mol. The van der Waals surface area contributed by atoms with Crippen LogP contribution < -0.4 is 10.6 Å². The first kappa shape index (κ1) is 17.6. The molecule has 0 saturated heterocycles. The van der Waals surface area contributed by atoms with Crippen molar-refractivity contribution in [2.24, 2.45) is 10.9 Å². The number of nitrogens with one attached hydrogen (secondary N) is 2. The lowest BCUT2D eigenvalue weighted by Crippen LogP contribution is -2.43. The predicted octanol–water partition coefficient (Wildman–Crippen LogP) is 2.78. The van der Waals surface area contributed by atoms with Crippen molar-refractivity contribution >= 4 is 41.3 Å². The van der Waals surface area contributed by atoms with Gasteiger partial charge < -0.3 is 10.6 Å². The Morgan fingerprint density at radius 1 is 1.44 bits per heavy atom. The number of hydrogen-bond donors (Lipinski definition) is 2. The second-order valence-electron chi connectivity index (χ2n) is 4.47. The molecule has 0 radical (unpaired) electrons. The minimum atomic E-state index is 0. The minimum Gasteiger partial charge on any atom is -0.354 e. The molecule has 0 amide bonds. The first-order valence-corrected chi connectivity index (χ1v) is 6.73. The van der Waals surface area contributed by atoms with Crippen LogP contribution in [-0.2, 0) is 6.54 Å². The summed E-state index contributed by atoms with van der Waals surface area (Å²) in [5, 5.41) is 7.72. The summed E-state index contributed by atoms with van der Waals surface area (Å²) in [6.07, 6.45) is 1.90. The molecule has 1 rings (SSSR count). The van der Waals surface area contributed by atoms with E-state index >= 15 is 0 Å². The molecule has 1 aromatic rings. The molecule has 104 valence electrons. The van der Waals surface area contributed by atoms with Crippen molar-refractivity contribution in [3.05, 3.63) is 16.1 Å². The van der Waals surface area contributed by atoms with Gasteiger partial charge in [0.1, 0.15) is 5.01 Å². The first-order valence-electron chi connectivity index (χ1n) is 5.91. The number of thiazole rings is 1. The van der Waals surface area contributed by atoms with Crippen LogP contribution in [0.1, 0.15) is 30.7 Å². The molecular weight excluding hydrogens is 359 g/mol. The summed E-state index contributed by atoms with van der Waals surface area (Å²) in [4.78, 5) is 9.75. The molecule has 1 heterocycles. The molecule has 4 nitrogen and oxygen atoms in total. The van der Waals surface area contributed by atoms with Crippen LogP contribution >= 0.6 is 35.3 Å². The molecule has 1 aromatic heterocycles. The fourth-order valence-corrected chi connectivity index (χ4v) is 1.95. The number of rotatable bonds is 4. The molecule has 0 spiro atoms. The van der Waals surface area contributed by atoms with Gasteiger partial charge in [-0.2, -0.15) is 0 Å². The van der Waals surface area contributed by atoms with Crippen molar-refractivity contribution in [3.63, 3.8) is 0 Å². The highest BCUT2D eigenvalue weighted by Gasteiger charge is 2.09. The van der Waals surface area contributed by atoms with Crippen molar-refractivity contribution in [1.82, 2.24) is 15.6 Å². The molecule has 0 aromatic carbocycles. The summed E-state index contributed by atoms with van der Waals surface area (Å²) in [6.45, 7) is 9.33. The summed E-state index contributed by atoms with van der Waals surface area (Å²) in [6, 6.07) is 0.402. The lowest BCUT2D eigenvalue weighted by atomic mass is 10.1. The normalized spacial score (nSPS) is 13.1. The Bertz CT molecular complexity index is 376. The van der Waals surface area contributed by atoms with E-state index in [1.54, 1.807) is 18.4 Å². The van der Waals surface area contributed by atoms with E-state index in [4.69, 9.17) is 0 Å². The molecule has 0 aliphatic heterocycles. The zero-order valence-electron chi connectivity index (χ0n) is 11.7. The van der Waals surface area contributed by atoms with Gasteiger partial charge in [-0.25, -0.2) is 4.98 Å². The van der Waals surface area contributed by atoms with Gasteiger partial charge in [-0.3, -0.25) is 4.99 Å². The molecule has 2 N–H and O–H groups in total. The van der Waals surface area contributed by atoms with Gasteiger partial charge in [-0.05, 0) is 19.8 Å². The van der Waals surface area contributed by atoms with Gasteiger partial charge >= 0.3 is 0 Å². The largest absolute Gasteiger partial charge is 0.354 e. The molecule has 0 fully saturated rings. The summed E-state index contributed by atoms with van der Waals surface area (Å²) in [5.41, 5.74) is 0. The maximum atomic E-state index is 4.31. The Hall–Kier alpha value is -0.370. The third-order valence-corrected chi connectivity index (χ3v) is 3.58. The number of guanidine groups is 1. The number of aryl methyl sites for hydroxylation is 1. The van der Waals surface area contributed by atoms with E-state index in [2.05, 4.69) is 48.3 Å². The van der Waals surface area contributed by atoms with E-state index in [1.807, 2.05) is 6.20 Å². The van der Waals surface area contributed by atoms with E-state index in [1.165, 1.54) is 4.88 Å². The molecule has 0 saturated carbocycles. The van der Waals surface area contributed by atoms with E-state index in [0.29, 0.717) is 12.0 Å². The molecule has 0 bridgehead atoms. The Kier molecular flexibility index (Phi) is 8.51. The van der Waals surface area contributed by atoms with Crippen LogP contribution in [0.15, 0.2) is 11.2 Å². The molecule has 1 unspecified atom stereocenters. The molecule has 0 aliphatic carbocycles. The fourth-order valence-electron chi connectivity index (χ4n) is 1.22. The van der Waals surface area contributed by atoms with Gasteiger partial charge in [0.05, 0.1) is 6.54 Å². The van der Waals surface area contributed by atoms with Crippen LogP contribution in [0.3, 0.4) is 0 Å². The summed E-state index contributed by atoms with van der Waals surface area (Å²) >= 11 is 1.71. The molecule has 0 aliphatic rings. The van der Waals surface area contributed by atoms with E-state index in [-0.39, 0.29) is 24.0 Å². The van der Waals surface area contributed by atoms with Crippen LogP contribution in [0.4, 0.5) is 0 Å². The van der Waals surface area contributed by atoms with Crippen LogP contribution in [0, 0.1) is 12.8 Å². The molecule has 1 atom stereocenters. The van der Waals surface area contributed by atoms with Crippen molar-refractivity contribution in [3.8, 4) is 0 Å². The summed E-state index contributed by atoms with van der Waals surface area (Å²) < 4.78 is 0. The van der Waals surface area contributed by atoms with Crippen molar-refractivity contribution in [1.29, 1.82) is 0 Å². The Balaban J connectivity index is 0.00000289. The van der Waals surface area contributed by atoms with E-state index in [9.17, 15) is 0 Å². The van der Waals surface area contributed by atoms with Crippen LogP contribution in [-0.4, -0.2) is 24.0 Å². The average Bonchev–Trinajstić information content (AvgIpc) is 2.69. The van der Waals surface area contributed by atoms with Crippen LogP contribution in [0.5, 0.6) is 0 Å². The maximum absolute atomic E-state index is 4.31. The molecular formula is C12H23IN4S. The lowest BCUT2D eigenvalue weighted by Gasteiger charge is -2.20. The number of halogens is 1. The second-order valence-corrected chi connectivity index (χ2v) is 5.79. The smallest absolute Gasteiger partial charge is 0.191 e. The molecule has 6 heteroatoms. The van der Waals surface area contributed by atoms with Crippen LogP contribution in [0.2, 0.25) is 0 Å². The quantitative estimate of drug-likeness (QED) is 0.478. The van der Waals surface area contributed by atoms with Crippen molar-refractivity contribution in [2.75, 3.05) is 7.05 Å².